The molecule has 10 heavy (non-hydrogen) atoms. The third kappa shape index (κ3) is 6.67. The van der Waals surface area contributed by atoms with Crippen molar-refractivity contribution < 1.29 is 5.03 Å². The number of nitrogens with zero attached hydrogens (tertiary/aromatic N) is 2. The number of hydrogen-bond acceptors (Lipinski definition) is 3. The molecule has 0 bridgehead atoms. The maximum atomic E-state index is 9.58. The van der Waals surface area contributed by atoms with Crippen molar-refractivity contribution >= 4 is 6.34 Å². The SMILES string of the molecule is CCCN/C=N\N[N+](=O)[O-]. The number of nitrogens with one attached hydrogen (secondary N) is 2. The van der Waals surface area contributed by atoms with E-state index in [1.54, 1.807) is 5.53 Å². The molecule has 0 radical (unpaired) electrons. The van der Waals surface area contributed by atoms with E-state index < -0.39 is 5.03 Å². The molecule has 0 saturated carbocycles. The summed E-state index contributed by atoms with van der Waals surface area (Å²) in [6.45, 7) is 2.75. The molecule has 0 fully saturated rings. The average Bonchev–Trinajstić information content (AvgIpc) is 1.87. The molecular formula is C4H10N4O2. The van der Waals surface area contributed by atoms with E-state index in [4.69, 9.17) is 0 Å². The van der Waals surface area contributed by atoms with Crippen molar-refractivity contribution in [1.29, 1.82) is 0 Å². The molecular weight excluding hydrogens is 136 g/mol. The molecule has 0 aliphatic rings. The Hall–Kier alpha value is -1.33. The Kier molecular flexibility index (Phi) is 5.03. The molecule has 0 aromatic carbocycles. The van der Waals surface area contributed by atoms with E-state index in [0.717, 1.165) is 13.0 Å². The Bertz CT molecular complexity index is 124. The minimum atomic E-state index is -0.732. The number of hydrazine groups is 1. The zero-order valence-corrected chi connectivity index (χ0v) is 5.70. The molecule has 0 spiro atoms. The predicted molar refractivity (Wildman–Crippen MR) is 36.9 cm³/mol. The summed E-state index contributed by atoms with van der Waals surface area (Å²) in [4.78, 5) is 9.58. The first kappa shape index (κ1) is 8.67. The molecule has 0 rings (SSSR count). The van der Waals surface area contributed by atoms with Gasteiger partial charge in [-0.3, -0.25) is 0 Å². The van der Waals surface area contributed by atoms with Crippen LogP contribution in [0.2, 0.25) is 0 Å². The second-order valence-corrected chi connectivity index (χ2v) is 1.57. The normalized spacial score (nSPS) is 9.70. The van der Waals surface area contributed by atoms with Gasteiger partial charge in [0.25, 0.3) is 0 Å². The largest absolute Gasteiger partial charge is 0.354 e. The highest BCUT2D eigenvalue weighted by molar-refractivity contribution is 5.53. The summed E-state index contributed by atoms with van der Waals surface area (Å²) in [5, 5.41) is 14.8. The molecule has 2 N–H and O–H groups in total. The van der Waals surface area contributed by atoms with Crippen LogP contribution < -0.4 is 10.9 Å². The van der Waals surface area contributed by atoms with Crippen LogP contribution >= 0.6 is 0 Å². The highest BCUT2D eigenvalue weighted by Gasteiger charge is 1.82. The minimum Gasteiger partial charge on any atom is -0.354 e. The third-order valence-corrected chi connectivity index (χ3v) is 0.690. The molecule has 0 aromatic heterocycles. The van der Waals surface area contributed by atoms with Crippen LogP contribution in [-0.4, -0.2) is 17.9 Å². The first-order valence-electron chi connectivity index (χ1n) is 2.92. The van der Waals surface area contributed by atoms with Crippen molar-refractivity contribution in [2.24, 2.45) is 5.10 Å². The fourth-order valence-corrected chi connectivity index (χ4v) is 0.331. The summed E-state index contributed by atoms with van der Waals surface area (Å²) < 4.78 is 0. The lowest BCUT2D eigenvalue weighted by atomic mass is 10.5. The average molecular weight is 146 g/mol. The number of hydrazone groups is 1. The van der Waals surface area contributed by atoms with Crippen LogP contribution in [0.4, 0.5) is 0 Å². The maximum Gasteiger partial charge on any atom is 0.229 e. The van der Waals surface area contributed by atoms with E-state index in [1.807, 2.05) is 6.92 Å². The summed E-state index contributed by atoms with van der Waals surface area (Å²) in [5.74, 6) is 0. The zero-order chi connectivity index (χ0) is 7.82. The summed E-state index contributed by atoms with van der Waals surface area (Å²) >= 11 is 0. The summed E-state index contributed by atoms with van der Waals surface area (Å²) in [7, 11) is 0. The Morgan fingerprint density at radius 2 is 2.50 bits per heavy atom. The van der Waals surface area contributed by atoms with Gasteiger partial charge in [-0.15, -0.1) is 0 Å². The quantitative estimate of drug-likeness (QED) is 0.184. The van der Waals surface area contributed by atoms with Crippen LogP contribution in [0.5, 0.6) is 0 Å². The van der Waals surface area contributed by atoms with Gasteiger partial charge in [0.05, 0.1) is 10.1 Å². The second-order valence-electron chi connectivity index (χ2n) is 1.57. The zero-order valence-electron chi connectivity index (χ0n) is 5.70. The predicted octanol–water partition coefficient (Wildman–Crippen LogP) is -0.289. The third-order valence-electron chi connectivity index (χ3n) is 0.690. The number of rotatable bonds is 5. The van der Waals surface area contributed by atoms with E-state index in [1.165, 1.54) is 6.34 Å². The summed E-state index contributed by atoms with van der Waals surface area (Å²) in [6.07, 6.45) is 2.22. The van der Waals surface area contributed by atoms with E-state index in [2.05, 4.69) is 10.4 Å². The van der Waals surface area contributed by atoms with Gasteiger partial charge < -0.3 is 15.4 Å². The Balaban J connectivity index is 3.12. The molecule has 0 atom stereocenters. The molecule has 0 amide bonds. The van der Waals surface area contributed by atoms with Crippen LogP contribution in [0.25, 0.3) is 0 Å². The topological polar surface area (TPSA) is 79.6 Å². The van der Waals surface area contributed by atoms with Gasteiger partial charge in [-0.25, -0.2) is 0 Å². The molecule has 0 aliphatic carbocycles. The van der Waals surface area contributed by atoms with E-state index in [-0.39, 0.29) is 0 Å². The van der Waals surface area contributed by atoms with Crippen LogP contribution in [0.3, 0.4) is 0 Å². The minimum absolute atomic E-state index is 0.732. The molecule has 58 valence electrons. The van der Waals surface area contributed by atoms with Crippen molar-refractivity contribution in [2.75, 3.05) is 6.54 Å². The first-order chi connectivity index (χ1) is 4.77. The van der Waals surface area contributed by atoms with Crippen molar-refractivity contribution in [3.63, 3.8) is 0 Å². The van der Waals surface area contributed by atoms with Crippen LogP contribution in [0.15, 0.2) is 5.10 Å². The first-order valence-corrected chi connectivity index (χ1v) is 2.92. The van der Waals surface area contributed by atoms with Crippen molar-refractivity contribution in [2.45, 2.75) is 13.3 Å². The van der Waals surface area contributed by atoms with Crippen LogP contribution in [0, 0.1) is 10.1 Å². The van der Waals surface area contributed by atoms with Crippen LogP contribution in [-0.2, 0) is 0 Å². The molecule has 0 heterocycles. The van der Waals surface area contributed by atoms with Crippen LogP contribution in [0.1, 0.15) is 13.3 Å². The molecule has 0 aromatic rings. The molecule has 0 unspecified atom stereocenters. The lowest BCUT2D eigenvalue weighted by Gasteiger charge is -1.89. The smallest absolute Gasteiger partial charge is 0.229 e. The van der Waals surface area contributed by atoms with Gasteiger partial charge in [-0.05, 0) is 12.0 Å². The lowest BCUT2D eigenvalue weighted by Crippen LogP contribution is -2.19. The highest BCUT2D eigenvalue weighted by atomic mass is 16.7. The van der Waals surface area contributed by atoms with Gasteiger partial charge in [0, 0.05) is 6.54 Å². The van der Waals surface area contributed by atoms with Gasteiger partial charge in [-0.2, -0.15) is 0 Å². The summed E-state index contributed by atoms with van der Waals surface area (Å²) in [5.41, 5.74) is 1.63. The van der Waals surface area contributed by atoms with Gasteiger partial charge in [-0.1, -0.05) is 6.92 Å². The lowest BCUT2D eigenvalue weighted by molar-refractivity contribution is -0.544. The molecule has 6 heteroatoms. The van der Waals surface area contributed by atoms with Gasteiger partial charge >= 0.3 is 0 Å². The Labute approximate surface area is 58.4 Å². The number of nitro groups is 1. The van der Waals surface area contributed by atoms with Crippen molar-refractivity contribution in [3.05, 3.63) is 10.1 Å². The summed E-state index contributed by atoms with van der Waals surface area (Å²) in [6, 6.07) is 0. The van der Waals surface area contributed by atoms with E-state index in [9.17, 15) is 10.1 Å². The Morgan fingerprint density at radius 1 is 1.80 bits per heavy atom. The second kappa shape index (κ2) is 5.80. The molecule has 0 aliphatic heterocycles. The highest BCUT2D eigenvalue weighted by Crippen LogP contribution is 1.65. The monoisotopic (exact) mass is 146 g/mol. The van der Waals surface area contributed by atoms with Gasteiger partial charge in [0.1, 0.15) is 0 Å². The van der Waals surface area contributed by atoms with Gasteiger partial charge in [0.15, 0.2) is 0 Å². The van der Waals surface area contributed by atoms with E-state index >= 15 is 0 Å². The fraction of sp³-hybridized carbons (Fsp3) is 0.750. The molecule has 6 nitrogen and oxygen atoms in total. The van der Waals surface area contributed by atoms with Crippen molar-refractivity contribution in [3.8, 4) is 0 Å². The Morgan fingerprint density at radius 3 is 3.00 bits per heavy atom. The molecule has 0 saturated heterocycles. The fourth-order valence-electron chi connectivity index (χ4n) is 0.331. The van der Waals surface area contributed by atoms with Crippen molar-refractivity contribution in [1.82, 2.24) is 10.9 Å². The number of hydrogen-bond donors (Lipinski definition) is 2. The van der Waals surface area contributed by atoms with Gasteiger partial charge in [0.2, 0.25) is 6.34 Å². The standard InChI is InChI=1S/C4H10N4O2/c1-2-3-5-4-6-7-8(9)10/h4,7H,2-3H2,1H3,(H,5,6). The maximum absolute atomic E-state index is 9.58. The van der Waals surface area contributed by atoms with E-state index in [0.29, 0.717) is 0 Å².